The summed E-state index contributed by atoms with van der Waals surface area (Å²) in [5, 5.41) is 0. The molecule has 0 N–H and O–H groups in total. The number of rotatable bonds is 1. The van der Waals surface area contributed by atoms with Crippen LogP contribution in [0.3, 0.4) is 0 Å². The van der Waals surface area contributed by atoms with Crippen molar-refractivity contribution in [2.24, 2.45) is 4.99 Å². The number of allylic oxidation sites excluding steroid dienone is 1. The minimum Gasteiger partial charge on any atom is -0.297 e. The molecular weight excluding hydrogens is 114 g/mol. The zero-order valence-electron chi connectivity index (χ0n) is 5.59. The monoisotopic (exact) mass is 123 g/mol. The summed E-state index contributed by atoms with van der Waals surface area (Å²) >= 11 is 0. The third-order valence-corrected chi connectivity index (χ3v) is 1.56. The smallest absolute Gasteiger partial charge is 0.160 e. The van der Waals surface area contributed by atoms with Crippen LogP contribution >= 0.6 is 0 Å². The SMILES string of the molecule is CC(=O)C1(C)C=CC=N1. The lowest BCUT2D eigenvalue weighted by molar-refractivity contribution is -0.119. The summed E-state index contributed by atoms with van der Waals surface area (Å²) in [5.74, 6) is 0.0903. The Labute approximate surface area is 54.3 Å². The molecule has 0 amide bonds. The first-order chi connectivity index (χ1) is 4.15. The second-order valence-electron chi connectivity index (χ2n) is 2.34. The number of ketones is 1. The standard InChI is InChI=1S/C7H9NO/c1-6(9)7(2)4-3-5-8-7/h3-5H,1-2H3. The third kappa shape index (κ3) is 0.922. The van der Waals surface area contributed by atoms with Crippen molar-refractivity contribution >= 4 is 12.0 Å². The van der Waals surface area contributed by atoms with Gasteiger partial charge in [-0.1, -0.05) is 0 Å². The van der Waals surface area contributed by atoms with Crippen molar-refractivity contribution in [3.05, 3.63) is 12.2 Å². The topological polar surface area (TPSA) is 29.4 Å². The number of aliphatic imine (C=N–C) groups is 1. The molecule has 9 heavy (non-hydrogen) atoms. The van der Waals surface area contributed by atoms with Crippen molar-refractivity contribution in [2.45, 2.75) is 19.4 Å². The Morgan fingerprint density at radius 1 is 1.67 bits per heavy atom. The van der Waals surface area contributed by atoms with Crippen molar-refractivity contribution in [3.63, 3.8) is 0 Å². The highest BCUT2D eigenvalue weighted by Gasteiger charge is 2.26. The average Bonchev–Trinajstić information content (AvgIpc) is 2.16. The van der Waals surface area contributed by atoms with Crippen molar-refractivity contribution < 1.29 is 4.79 Å². The molecule has 0 saturated carbocycles. The van der Waals surface area contributed by atoms with E-state index in [1.807, 2.05) is 0 Å². The van der Waals surface area contributed by atoms with E-state index >= 15 is 0 Å². The summed E-state index contributed by atoms with van der Waals surface area (Å²) in [6.45, 7) is 3.35. The summed E-state index contributed by atoms with van der Waals surface area (Å²) in [4.78, 5) is 14.8. The van der Waals surface area contributed by atoms with Gasteiger partial charge in [0.1, 0.15) is 5.54 Å². The van der Waals surface area contributed by atoms with E-state index in [1.54, 1.807) is 32.2 Å². The van der Waals surface area contributed by atoms with E-state index in [0.29, 0.717) is 0 Å². The van der Waals surface area contributed by atoms with Crippen molar-refractivity contribution in [1.82, 2.24) is 0 Å². The number of hydrogen-bond acceptors (Lipinski definition) is 2. The Morgan fingerprint density at radius 2 is 2.33 bits per heavy atom. The zero-order valence-corrected chi connectivity index (χ0v) is 5.59. The summed E-state index contributed by atoms with van der Waals surface area (Å²) < 4.78 is 0. The summed E-state index contributed by atoms with van der Waals surface area (Å²) in [6.07, 6.45) is 5.25. The number of carbonyl (C=O) groups is 1. The fraction of sp³-hybridized carbons (Fsp3) is 0.429. The molecule has 1 atom stereocenters. The van der Waals surface area contributed by atoms with Gasteiger partial charge in [0.25, 0.3) is 0 Å². The molecule has 1 aliphatic rings. The van der Waals surface area contributed by atoms with Gasteiger partial charge in [0.2, 0.25) is 0 Å². The molecule has 0 aliphatic carbocycles. The summed E-state index contributed by atoms with van der Waals surface area (Å²) in [7, 11) is 0. The van der Waals surface area contributed by atoms with Crippen LogP contribution in [-0.2, 0) is 4.79 Å². The Bertz CT molecular complexity index is 179. The highest BCUT2D eigenvalue weighted by Crippen LogP contribution is 2.16. The molecule has 1 unspecified atom stereocenters. The van der Waals surface area contributed by atoms with Gasteiger partial charge in [-0.25, -0.2) is 0 Å². The molecule has 0 aromatic carbocycles. The van der Waals surface area contributed by atoms with E-state index in [0.717, 1.165) is 0 Å². The van der Waals surface area contributed by atoms with Gasteiger partial charge in [-0.05, 0) is 26.0 Å². The van der Waals surface area contributed by atoms with Crippen LogP contribution in [0.2, 0.25) is 0 Å². The molecule has 2 heteroatoms. The van der Waals surface area contributed by atoms with E-state index < -0.39 is 5.54 Å². The zero-order chi connectivity index (χ0) is 6.91. The van der Waals surface area contributed by atoms with Gasteiger partial charge in [0.15, 0.2) is 5.78 Å². The normalized spacial score (nSPS) is 31.3. The molecule has 0 spiro atoms. The molecule has 1 rings (SSSR count). The molecule has 1 heterocycles. The van der Waals surface area contributed by atoms with E-state index in [2.05, 4.69) is 4.99 Å². The number of carbonyl (C=O) groups excluding carboxylic acids is 1. The van der Waals surface area contributed by atoms with Crippen molar-refractivity contribution in [3.8, 4) is 0 Å². The molecule has 0 aromatic heterocycles. The maximum atomic E-state index is 10.8. The fourth-order valence-corrected chi connectivity index (χ4v) is 0.680. The second kappa shape index (κ2) is 1.79. The van der Waals surface area contributed by atoms with Gasteiger partial charge in [-0.3, -0.25) is 9.79 Å². The third-order valence-electron chi connectivity index (χ3n) is 1.56. The fourth-order valence-electron chi connectivity index (χ4n) is 0.680. The molecule has 48 valence electrons. The van der Waals surface area contributed by atoms with Gasteiger partial charge in [-0.2, -0.15) is 0 Å². The predicted octanol–water partition coefficient (Wildman–Crippen LogP) is 0.975. The van der Waals surface area contributed by atoms with Crippen LogP contribution in [0, 0.1) is 0 Å². The first kappa shape index (κ1) is 6.20. The second-order valence-corrected chi connectivity index (χ2v) is 2.34. The first-order valence-electron chi connectivity index (χ1n) is 2.89. The van der Waals surface area contributed by atoms with Crippen LogP contribution < -0.4 is 0 Å². The van der Waals surface area contributed by atoms with Gasteiger partial charge < -0.3 is 0 Å². The molecule has 0 saturated heterocycles. The van der Waals surface area contributed by atoms with E-state index in [4.69, 9.17) is 0 Å². The minimum absolute atomic E-state index is 0.0903. The largest absolute Gasteiger partial charge is 0.297 e. The van der Waals surface area contributed by atoms with Crippen LogP contribution in [0.1, 0.15) is 13.8 Å². The van der Waals surface area contributed by atoms with E-state index in [-0.39, 0.29) is 5.78 Å². The van der Waals surface area contributed by atoms with Crippen molar-refractivity contribution in [1.29, 1.82) is 0 Å². The molecule has 0 aromatic rings. The van der Waals surface area contributed by atoms with E-state index in [9.17, 15) is 4.79 Å². The number of hydrogen-bond donors (Lipinski definition) is 0. The van der Waals surface area contributed by atoms with Crippen LogP contribution in [0.4, 0.5) is 0 Å². The molecular formula is C7H9NO. The lowest BCUT2D eigenvalue weighted by Crippen LogP contribution is -2.26. The summed E-state index contributed by atoms with van der Waals surface area (Å²) in [6, 6.07) is 0. The first-order valence-corrected chi connectivity index (χ1v) is 2.89. The van der Waals surface area contributed by atoms with Crippen molar-refractivity contribution in [2.75, 3.05) is 0 Å². The van der Waals surface area contributed by atoms with Crippen LogP contribution in [0.25, 0.3) is 0 Å². The van der Waals surface area contributed by atoms with Crippen LogP contribution in [0.5, 0.6) is 0 Å². The Kier molecular flexibility index (Phi) is 1.24. The molecule has 2 nitrogen and oxygen atoms in total. The van der Waals surface area contributed by atoms with Gasteiger partial charge >= 0.3 is 0 Å². The predicted molar refractivity (Wildman–Crippen MR) is 36.7 cm³/mol. The lowest BCUT2D eigenvalue weighted by atomic mass is 10.00. The highest BCUT2D eigenvalue weighted by molar-refractivity contribution is 5.93. The average molecular weight is 123 g/mol. The Balaban J connectivity index is 2.88. The molecule has 0 fully saturated rings. The molecule has 0 bridgehead atoms. The maximum Gasteiger partial charge on any atom is 0.160 e. The Hall–Kier alpha value is -0.920. The van der Waals surface area contributed by atoms with Gasteiger partial charge in [-0.15, -0.1) is 0 Å². The number of nitrogens with zero attached hydrogens (tertiary/aromatic N) is 1. The maximum absolute atomic E-state index is 10.8. The lowest BCUT2D eigenvalue weighted by Gasteiger charge is -2.12. The molecule has 1 aliphatic heterocycles. The van der Waals surface area contributed by atoms with Crippen LogP contribution in [0.15, 0.2) is 17.1 Å². The Morgan fingerprint density at radius 3 is 2.56 bits per heavy atom. The minimum atomic E-state index is -0.556. The summed E-state index contributed by atoms with van der Waals surface area (Å²) in [5.41, 5.74) is -0.556. The molecule has 0 radical (unpaired) electrons. The van der Waals surface area contributed by atoms with Gasteiger partial charge in [0.05, 0.1) is 0 Å². The quantitative estimate of drug-likeness (QED) is 0.511. The van der Waals surface area contributed by atoms with E-state index in [1.165, 1.54) is 0 Å². The van der Waals surface area contributed by atoms with Crippen LogP contribution in [-0.4, -0.2) is 17.5 Å². The number of Topliss-reactive ketones (excluding diaryl/α,β-unsaturated/α-hetero) is 1. The van der Waals surface area contributed by atoms with Gasteiger partial charge in [0, 0.05) is 6.21 Å². The highest BCUT2D eigenvalue weighted by atomic mass is 16.1.